The van der Waals surface area contributed by atoms with Crippen molar-refractivity contribution in [3.8, 4) is 11.6 Å². The molecule has 1 aromatic carbocycles. The molecule has 0 unspecified atom stereocenters. The lowest BCUT2D eigenvalue weighted by molar-refractivity contribution is -0.384. The number of hydrogen-bond donors (Lipinski definition) is 1. The lowest BCUT2D eigenvalue weighted by Gasteiger charge is -2.14. The van der Waals surface area contributed by atoms with Crippen LogP contribution in [0.4, 0.5) is 11.5 Å². The van der Waals surface area contributed by atoms with Crippen molar-refractivity contribution >= 4 is 11.5 Å². The molecule has 0 bridgehead atoms. The first kappa shape index (κ1) is 14.7. The average molecular weight is 288 g/mol. The lowest BCUT2D eigenvalue weighted by Crippen LogP contribution is -2.04. The van der Waals surface area contributed by atoms with Crippen molar-refractivity contribution < 1.29 is 9.66 Å². The third kappa shape index (κ3) is 3.07. The minimum Gasteiger partial charge on any atom is -0.438 e. The number of nitrogens with zero attached hydrogens (tertiary/aromatic N) is 3. The molecule has 0 fully saturated rings. The van der Waals surface area contributed by atoms with E-state index in [1.807, 2.05) is 13.8 Å². The lowest BCUT2D eigenvalue weighted by atomic mass is 10.1. The zero-order chi connectivity index (χ0) is 15.6. The van der Waals surface area contributed by atoms with Crippen LogP contribution < -0.4 is 10.5 Å². The Morgan fingerprint density at radius 1 is 1.33 bits per heavy atom. The summed E-state index contributed by atoms with van der Waals surface area (Å²) in [5.74, 6) is 1.34. The molecule has 2 rings (SSSR count). The van der Waals surface area contributed by atoms with Gasteiger partial charge in [-0.25, -0.2) is 9.97 Å². The summed E-state index contributed by atoms with van der Waals surface area (Å²) in [5, 5.41) is 10.7. The number of aryl methyl sites for hydroxylation is 1. The summed E-state index contributed by atoms with van der Waals surface area (Å²) in [6, 6.07) is 4.40. The summed E-state index contributed by atoms with van der Waals surface area (Å²) in [4.78, 5) is 18.4. The number of benzene rings is 1. The van der Waals surface area contributed by atoms with E-state index < -0.39 is 4.92 Å². The highest BCUT2D eigenvalue weighted by molar-refractivity contribution is 5.50. The molecule has 2 aromatic rings. The fourth-order valence-corrected chi connectivity index (χ4v) is 1.98. The maximum absolute atomic E-state index is 10.7. The third-order valence-electron chi connectivity index (χ3n) is 3.03. The topological polar surface area (TPSA) is 104 Å². The molecule has 1 heterocycles. The number of nitro groups is 1. The molecule has 0 aliphatic carbocycles. The Hall–Kier alpha value is -2.70. The van der Waals surface area contributed by atoms with Crippen LogP contribution in [-0.4, -0.2) is 14.9 Å². The summed E-state index contributed by atoms with van der Waals surface area (Å²) in [7, 11) is 0. The van der Waals surface area contributed by atoms with Crippen LogP contribution in [-0.2, 0) is 0 Å². The Labute approximate surface area is 121 Å². The van der Waals surface area contributed by atoms with Crippen molar-refractivity contribution in [3.63, 3.8) is 0 Å². The largest absolute Gasteiger partial charge is 0.438 e. The molecule has 1 aromatic heterocycles. The van der Waals surface area contributed by atoms with Gasteiger partial charge in [-0.15, -0.1) is 0 Å². The molecule has 0 spiro atoms. The second kappa shape index (κ2) is 5.74. The fraction of sp³-hybridized carbons (Fsp3) is 0.286. The zero-order valence-electron chi connectivity index (χ0n) is 12.0. The number of nitrogen functional groups attached to an aromatic ring is 1. The first-order valence-corrected chi connectivity index (χ1v) is 6.43. The second-order valence-electron chi connectivity index (χ2n) is 4.94. The summed E-state index contributed by atoms with van der Waals surface area (Å²) < 4.78 is 5.76. The van der Waals surface area contributed by atoms with Gasteiger partial charge < -0.3 is 10.5 Å². The zero-order valence-corrected chi connectivity index (χ0v) is 12.0. The van der Waals surface area contributed by atoms with Crippen LogP contribution >= 0.6 is 0 Å². The smallest absolute Gasteiger partial charge is 0.269 e. The number of nitro benzene ring substituents is 1. The van der Waals surface area contributed by atoms with Gasteiger partial charge in [0, 0.05) is 12.1 Å². The number of ether oxygens (including phenoxy) is 1. The molecule has 0 saturated carbocycles. The normalized spacial score (nSPS) is 10.7. The summed E-state index contributed by atoms with van der Waals surface area (Å²) >= 11 is 0. The molecular weight excluding hydrogens is 272 g/mol. The molecule has 110 valence electrons. The fourth-order valence-electron chi connectivity index (χ4n) is 1.98. The Morgan fingerprint density at radius 3 is 2.62 bits per heavy atom. The summed E-state index contributed by atoms with van der Waals surface area (Å²) in [6.07, 6.45) is 1.33. The molecule has 0 radical (unpaired) electrons. The van der Waals surface area contributed by atoms with E-state index in [0.717, 1.165) is 5.56 Å². The molecule has 7 nitrogen and oxygen atoms in total. The molecular formula is C14H16N4O3. The molecule has 21 heavy (non-hydrogen) atoms. The van der Waals surface area contributed by atoms with Gasteiger partial charge in [0.1, 0.15) is 17.9 Å². The Balaban J connectivity index is 2.39. The van der Waals surface area contributed by atoms with Gasteiger partial charge in [-0.2, -0.15) is 0 Å². The van der Waals surface area contributed by atoms with Crippen molar-refractivity contribution in [3.05, 3.63) is 45.8 Å². The average Bonchev–Trinajstić information content (AvgIpc) is 2.40. The van der Waals surface area contributed by atoms with Gasteiger partial charge in [0.15, 0.2) is 0 Å². The van der Waals surface area contributed by atoms with Gasteiger partial charge in [-0.1, -0.05) is 13.8 Å². The van der Waals surface area contributed by atoms with Crippen LogP contribution in [0.15, 0.2) is 24.5 Å². The number of anilines is 1. The van der Waals surface area contributed by atoms with E-state index in [1.165, 1.54) is 18.5 Å². The van der Waals surface area contributed by atoms with Crippen molar-refractivity contribution in [2.24, 2.45) is 0 Å². The van der Waals surface area contributed by atoms with Gasteiger partial charge in [-0.3, -0.25) is 10.1 Å². The van der Waals surface area contributed by atoms with Crippen LogP contribution in [0.1, 0.15) is 30.9 Å². The SMILES string of the molecule is Cc1cc([N+](=O)[O-])ccc1Oc1ncnc(N)c1C(C)C. The van der Waals surface area contributed by atoms with E-state index >= 15 is 0 Å². The number of nitrogens with two attached hydrogens (primary N) is 1. The van der Waals surface area contributed by atoms with E-state index in [9.17, 15) is 10.1 Å². The molecule has 0 saturated heterocycles. The Bertz CT molecular complexity index is 686. The number of hydrogen-bond acceptors (Lipinski definition) is 6. The summed E-state index contributed by atoms with van der Waals surface area (Å²) in [6.45, 7) is 5.66. The first-order valence-electron chi connectivity index (χ1n) is 6.43. The first-order chi connectivity index (χ1) is 9.90. The monoisotopic (exact) mass is 288 g/mol. The molecule has 7 heteroatoms. The van der Waals surface area contributed by atoms with Crippen molar-refractivity contribution in [1.82, 2.24) is 9.97 Å². The highest BCUT2D eigenvalue weighted by Crippen LogP contribution is 2.33. The molecule has 0 aliphatic rings. The van der Waals surface area contributed by atoms with Gasteiger partial charge in [0.25, 0.3) is 5.69 Å². The Kier molecular flexibility index (Phi) is 4.02. The van der Waals surface area contributed by atoms with E-state index in [4.69, 9.17) is 10.5 Å². The predicted molar refractivity (Wildman–Crippen MR) is 78.4 cm³/mol. The number of rotatable bonds is 4. The van der Waals surface area contributed by atoms with Crippen LogP contribution in [0.2, 0.25) is 0 Å². The van der Waals surface area contributed by atoms with Gasteiger partial charge in [0.2, 0.25) is 5.88 Å². The molecule has 0 amide bonds. The van der Waals surface area contributed by atoms with Gasteiger partial charge >= 0.3 is 0 Å². The van der Waals surface area contributed by atoms with Crippen LogP contribution in [0.3, 0.4) is 0 Å². The van der Waals surface area contributed by atoms with Crippen LogP contribution in [0.5, 0.6) is 11.6 Å². The van der Waals surface area contributed by atoms with Gasteiger partial charge in [-0.05, 0) is 24.5 Å². The maximum Gasteiger partial charge on any atom is 0.269 e. The maximum atomic E-state index is 10.7. The van der Waals surface area contributed by atoms with E-state index in [-0.39, 0.29) is 11.6 Å². The van der Waals surface area contributed by atoms with Gasteiger partial charge in [0.05, 0.1) is 10.5 Å². The molecule has 2 N–H and O–H groups in total. The van der Waals surface area contributed by atoms with E-state index in [0.29, 0.717) is 23.0 Å². The van der Waals surface area contributed by atoms with E-state index in [2.05, 4.69) is 9.97 Å². The third-order valence-corrected chi connectivity index (χ3v) is 3.03. The van der Waals surface area contributed by atoms with Crippen molar-refractivity contribution in [2.45, 2.75) is 26.7 Å². The van der Waals surface area contributed by atoms with Crippen LogP contribution in [0, 0.1) is 17.0 Å². The summed E-state index contributed by atoms with van der Waals surface area (Å²) in [5.41, 5.74) is 7.24. The number of non-ortho nitro benzene ring substituents is 1. The van der Waals surface area contributed by atoms with Crippen molar-refractivity contribution in [1.29, 1.82) is 0 Å². The van der Waals surface area contributed by atoms with Crippen LogP contribution in [0.25, 0.3) is 0 Å². The molecule has 0 atom stereocenters. The second-order valence-corrected chi connectivity index (χ2v) is 4.94. The predicted octanol–water partition coefficient (Wildman–Crippen LogP) is 3.19. The minimum atomic E-state index is -0.445. The highest BCUT2D eigenvalue weighted by Gasteiger charge is 2.16. The minimum absolute atomic E-state index is 0.0196. The highest BCUT2D eigenvalue weighted by atomic mass is 16.6. The number of aromatic nitrogens is 2. The quantitative estimate of drug-likeness (QED) is 0.684. The standard InChI is InChI=1S/C14H16N4O3/c1-8(2)12-13(15)16-7-17-14(12)21-11-5-4-10(18(19)20)6-9(11)3/h4-8H,1-3H3,(H2,15,16,17). The Morgan fingerprint density at radius 2 is 2.05 bits per heavy atom. The van der Waals surface area contributed by atoms with Crippen molar-refractivity contribution in [2.75, 3.05) is 5.73 Å². The molecule has 0 aliphatic heterocycles. The van der Waals surface area contributed by atoms with E-state index in [1.54, 1.807) is 13.0 Å².